The van der Waals surface area contributed by atoms with Gasteiger partial charge < -0.3 is 0 Å². The van der Waals surface area contributed by atoms with Crippen molar-refractivity contribution < 1.29 is 0 Å². The first-order valence-corrected chi connectivity index (χ1v) is 5.81. The second kappa shape index (κ2) is 5.47. The van der Waals surface area contributed by atoms with Crippen LogP contribution in [-0.2, 0) is 0 Å². The van der Waals surface area contributed by atoms with Gasteiger partial charge in [-0.3, -0.25) is 9.58 Å². The molecule has 0 spiro atoms. The molecule has 2 rings (SSSR count). The first kappa shape index (κ1) is 11.6. The van der Waals surface area contributed by atoms with Crippen LogP contribution in [0.1, 0.15) is 18.9 Å². The van der Waals surface area contributed by atoms with E-state index in [-0.39, 0.29) is 5.92 Å². The first-order valence-electron chi connectivity index (χ1n) is 5.81. The lowest BCUT2D eigenvalue weighted by Crippen LogP contribution is -2.49. The van der Waals surface area contributed by atoms with Crippen molar-refractivity contribution in [2.75, 3.05) is 19.6 Å². The molecule has 1 aromatic rings. The van der Waals surface area contributed by atoms with Gasteiger partial charge in [-0.05, 0) is 12.5 Å². The van der Waals surface area contributed by atoms with Gasteiger partial charge in [0.25, 0.3) is 0 Å². The van der Waals surface area contributed by atoms with Gasteiger partial charge in [-0.2, -0.15) is 15.6 Å². The highest BCUT2D eigenvalue weighted by atomic mass is 15.4. The smallest absolute Gasteiger partial charge is 0.0772 e. The summed E-state index contributed by atoms with van der Waals surface area (Å²) in [7, 11) is 0. The Morgan fingerprint density at radius 2 is 2.24 bits per heavy atom. The van der Waals surface area contributed by atoms with Crippen molar-refractivity contribution in [1.82, 2.24) is 14.7 Å². The molecule has 0 aliphatic carbocycles. The molecule has 5 heteroatoms. The van der Waals surface area contributed by atoms with Crippen molar-refractivity contribution in [3.8, 4) is 12.1 Å². The van der Waals surface area contributed by atoms with E-state index in [9.17, 15) is 0 Å². The van der Waals surface area contributed by atoms with Gasteiger partial charge in [0.2, 0.25) is 0 Å². The van der Waals surface area contributed by atoms with Crippen molar-refractivity contribution in [3.63, 3.8) is 0 Å². The average molecular weight is 229 g/mol. The van der Waals surface area contributed by atoms with E-state index in [1.807, 2.05) is 16.9 Å². The summed E-state index contributed by atoms with van der Waals surface area (Å²) in [6.45, 7) is 2.68. The zero-order chi connectivity index (χ0) is 12.1. The van der Waals surface area contributed by atoms with Crippen LogP contribution in [-0.4, -0.2) is 34.3 Å². The van der Waals surface area contributed by atoms with Crippen molar-refractivity contribution in [2.24, 2.45) is 5.92 Å². The fourth-order valence-corrected chi connectivity index (χ4v) is 2.10. The molecule has 0 bridgehead atoms. The van der Waals surface area contributed by atoms with Gasteiger partial charge in [0, 0.05) is 38.4 Å². The standard InChI is InChI=1S/C12H15N5/c13-4-1-3-11(7-14)8-16-9-12(10-16)17-6-2-5-15-17/h2,5-6,11-12H,1,3,8-10H2/t11-/m0/s1. The number of hydrogen-bond acceptors (Lipinski definition) is 4. The molecule has 0 unspecified atom stereocenters. The molecule has 17 heavy (non-hydrogen) atoms. The highest BCUT2D eigenvalue weighted by Gasteiger charge is 2.29. The molecule has 1 aliphatic rings. The van der Waals surface area contributed by atoms with E-state index in [1.54, 1.807) is 6.20 Å². The predicted molar refractivity (Wildman–Crippen MR) is 61.7 cm³/mol. The monoisotopic (exact) mass is 229 g/mol. The van der Waals surface area contributed by atoms with E-state index in [2.05, 4.69) is 22.1 Å². The highest BCUT2D eigenvalue weighted by molar-refractivity contribution is 4.94. The summed E-state index contributed by atoms with van der Waals surface area (Å²) in [4.78, 5) is 2.25. The Labute approximate surface area is 101 Å². The number of likely N-dealkylation sites (tertiary alicyclic amines) is 1. The largest absolute Gasteiger partial charge is 0.298 e. The molecule has 0 saturated carbocycles. The fraction of sp³-hybridized carbons (Fsp3) is 0.583. The Balaban J connectivity index is 1.73. The minimum atomic E-state index is -0.0202. The predicted octanol–water partition coefficient (Wildman–Crippen LogP) is 1.18. The molecule has 1 saturated heterocycles. The van der Waals surface area contributed by atoms with Crippen LogP contribution >= 0.6 is 0 Å². The number of aromatic nitrogens is 2. The normalized spacial score (nSPS) is 18.0. The van der Waals surface area contributed by atoms with E-state index < -0.39 is 0 Å². The summed E-state index contributed by atoms with van der Waals surface area (Å²) < 4.78 is 1.97. The van der Waals surface area contributed by atoms with E-state index in [1.165, 1.54) is 0 Å². The zero-order valence-electron chi connectivity index (χ0n) is 9.66. The maximum absolute atomic E-state index is 8.97. The summed E-state index contributed by atoms with van der Waals surface area (Å²) in [6.07, 6.45) is 4.90. The van der Waals surface area contributed by atoms with Gasteiger partial charge in [0.05, 0.1) is 24.1 Å². The lowest BCUT2D eigenvalue weighted by Gasteiger charge is -2.40. The maximum Gasteiger partial charge on any atom is 0.0772 e. The van der Waals surface area contributed by atoms with Gasteiger partial charge in [0.1, 0.15) is 0 Å². The minimum absolute atomic E-state index is 0.0202. The van der Waals surface area contributed by atoms with Crippen LogP contribution in [0.5, 0.6) is 0 Å². The van der Waals surface area contributed by atoms with E-state index in [0.717, 1.165) is 19.6 Å². The van der Waals surface area contributed by atoms with Crippen molar-refractivity contribution in [3.05, 3.63) is 18.5 Å². The van der Waals surface area contributed by atoms with Crippen LogP contribution in [0.15, 0.2) is 18.5 Å². The molecule has 5 nitrogen and oxygen atoms in total. The lowest BCUT2D eigenvalue weighted by atomic mass is 10.0. The van der Waals surface area contributed by atoms with Crippen LogP contribution in [0.2, 0.25) is 0 Å². The summed E-state index contributed by atoms with van der Waals surface area (Å²) >= 11 is 0. The molecule has 0 N–H and O–H groups in total. The third kappa shape index (κ3) is 2.83. The van der Waals surface area contributed by atoms with Crippen molar-refractivity contribution in [1.29, 1.82) is 10.5 Å². The number of hydrogen-bond donors (Lipinski definition) is 0. The molecule has 1 aromatic heterocycles. The number of nitriles is 2. The Hall–Kier alpha value is -1.85. The maximum atomic E-state index is 8.97. The Kier molecular flexibility index (Phi) is 3.74. The van der Waals surface area contributed by atoms with E-state index in [4.69, 9.17) is 10.5 Å². The van der Waals surface area contributed by atoms with E-state index >= 15 is 0 Å². The summed E-state index contributed by atoms with van der Waals surface area (Å²) in [6, 6.07) is 6.73. The molecule has 0 radical (unpaired) electrons. The van der Waals surface area contributed by atoms with Gasteiger partial charge >= 0.3 is 0 Å². The Morgan fingerprint density at radius 3 is 2.82 bits per heavy atom. The molecule has 1 fully saturated rings. The molecule has 88 valence electrons. The van der Waals surface area contributed by atoms with Crippen LogP contribution in [0.4, 0.5) is 0 Å². The van der Waals surface area contributed by atoms with Crippen molar-refractivity contribution in [2.45, 2.75) is 18.9 Å². The van der Waals surface area contributed by atoms with E-state index in [0.29, 0.717) is 18.9 Å². The quantitative estimate of drug-likeness (QED) is 0.760. The number of rotatable bonds is 5. The van der Waals surface area contributed by atoms with Gasteiger partial charge in [-0.15, -0.1) is 0 Å². The topological polar surface area (TPSA) is 68.6 Å². The van der Waals surface area contributed by atoms with Crippen LogP contribution in [0.3, 0.4) is 0 Å². The number of nitrogens with zero attached hydrogens (tertiary/aromatic N) is 5. The van der Waals surface area contributed by atoms with Gasteiger partial charge in [-0.1, -0.05) is 0 Å². The lowest BCUT2D eigenvalue weighted by molar-refractivity contribution is 0.0873. The summed E-state index contributed by atoms with van der Waals surface area (Å²) in [5, 5.41) is 21.7. The first-order chi connectivity index (χ1) is 8.33. The van der Waals surface area contributed by atoms with Crippen LogP contribution in [0.25, 0.3) is 0 Å². The molecule has 1 atom stereocenters. The zero-order valence-corrected chi connectivity index (χ0v) is 9.66. The third-order valence-electron chi connectivity index (χ3n) is 3.10. The van der Waals surface area contributed by atoms with Crippen LogP contribution in [0, 0.1) is 28.6 Å². The molecule has 2 heterocycles. The average Bonchev–Trinajstić information content (AvgIpc) is 2.80. The minimum Gasteiger partial charge on any atom is -0.298 e. The SMILES string of the molecule is N#CCC[C@@H](C#N)CN1CC(n2cccn2)C1. The fourth-order valence-electron chi connectivity index (χ4n) is 2.10. The van der Waals surface area contributed by atoms with Gasteiger partial charge in [0.15, 0.2) is 0 Å². The third-order valence-corrected chi connectivity index (χ3v) is 3.10. The Bertz CT molecular complexity index is 419. The summed E-state index contributed by atoms with van der Waals surface area (Å²) in [5.74, 6) is -0.0202. The second-order valence-electron chi connectivity index (χ2n) is 4.38. The molecular weight excluding hydrogens is 214 g/mol. The van der Waals surface area contributed by atoms with Crippen LogP contribution < -0.4 is 0 Å². The van der Waals surface area contributed by atoms with Crippen molar-refractivity contribution >= 4 is 0 Å². The summed E-state index contributed by atoms with van der Waals surface area (Å²) in [5.41, 5.74) is 0. The molecule has 0 amide bonds. The highest BCUT2D eigenvalue weighted by Crippen LogP contribution is 2.22. The molecule has 0 aromatic carbocycles. The Morgan fingerprint density at radius 1 is 1.41 bits per heavy atom. The second-order valence-corrected chi connectivity index (χ2v) is 4.38. The molecular formula is C12H15N5. The van der Waals surface area contributed by atoms with Gasteiger partial charge in [-0.25, -0.2) is 0 Å². The molecule has 1 aliphatic heterocycles.